The topological polar surface area (TPSA) is 73.9 Å². The van der Waals surface area contributed by atoms with E-state index in [-0.39, 0.29) is 24.8 Å². The van der Waals surface area contributed by atoms with E-state index in [0.29, 0.717) is 5.58 Å². The molecule has 2 heterocycles. The van der Waals surface area contributed by atoms with E-state index in [4.69, 9.17) is 4.42 Å². The van der Waals surface area contributed by atoms with Crippen molar-refractivity contribution in [1.29, 1.82) is 0 Å². The Bertz CT molecular complexity index is 623. The van der Waals surface area contributed by atoms with E-state index in [0.717, 1.165) is 10.9 Å². The first-order valence-corrected chi connectivity index (χ1v) is 6.20. The van der Waals surface area contributed by atoms with Crippen molar-refractivity contribution in [1.82, 2.24) is 4.90 Å². The molecule has 1 aliphatic rings. The molecule has 1 amide bonds. The van der Waals surface area contributed by atoms with Crippen LogP contribution in [-0.2, 0) is 0 Å². The predicted octanol–water partition coefficient (Wildman–Crippen LogP) is 0.919. The minimum Gasteiger partial charge on any atom is -0.451 e. The first-order chi connectivity index (χ1) is 9.04. The highest BCUT2D eigenvalue weighted by atomic mass is 16.4. The maximum atomic E-state index is 12.2. The standard InChI is InChI=1S/C14H15NO4/c1-8-2-3-12-9(4-8)5-13(19-12)14(18)15-6-10(16)11(17)7-15/h2-5,10-11,16-17H,6-7H2,1H3/t10-,11+. The average Bonchev–Trinajstić information content (AvgIpc) is 2.92. The number of aliphatic hydroxyl groups excluding tert-OH is 2. The van der Waals surface area contributed by atoms with Crippen molar-refractivity contribution in [3.63, 3.8) is 0 Å². The summed E-state index contributed by atoms with van der Waals surface area (Å²) in [6.45, 7) is 2.24. The van der Waals surface area contributed by atoms with E-state index in [1.54, 1.807) is 6.07 Å². The molecule has 0 bridgehead atoms. The Labute approximate surface area is 110 Å². The van der Waals surface area contributed by atoms with Gasteiger partial charge in [0, 0.05) is 18.5 Å². The fourth-order valence-electron chi connectivity index (χ4n) is 2.36. The van der Waals surface area contributed by atoms with Crippen LogP contribution in [0.2, 0.25) is 0 Å². The van der Waals surface area contributed by atoms with E-state index in [1.165, 1.54) is 4.90 Å². The van der Waals surface area contributed by atoms with Gasteiger partial charge in [0.15, 0.2) is 5.76 Å². The molecule has 5 heteroatoms. The van der Waals surface area contributed by atoms with E-state index in [9.17, 15) is 15.0 Å². The maximum Gasteiger partial charge on any atom is 0.289 e. The molecule has 0 spiro atoms. The number of carbonyl (C=O) groups is 1. The van der Waals surface area contributed by atoms with Crippen molar-refractivity contribution >= 4 is 16.9 Å². The Balaban J connectivity index is 1.90. The Morgan fingerprint density at radius 2 is 1.95 bits per heavy atom. The summed E-state index contributed by atoms with van der Waals surface area (Å²) < 4.78 is 5.51. The van der Waals surface area contributed by atoms with Crippen molar-refractivity contribution in [2.45, 2.75) is 19.1 Å². The van der Waals surface area contributed by atoms with Gasteiger partial charge in [0.2, 0.25) is 0 Å². The number of aryl methyl sites for hydroxylation is 1. The summed E-state index contributed by atoms with van der Waals surface area (Å²) in [7, 11) is 0. The number of hydrogen-bond donors (Lipinski definition) is 2. The van der Waals surface area contributed by atoms with Gasteiger partial charge >= 0.3 is 0 Å². The predicted molar refractivity (Wildman–Crippen MR) is 68.9 cm³/mol. The van der Waals surface area contributed by atoms with Crippen LogP contribution < -0.4 is 0 Å². The number of hydrogen-bond acceptors (Lipinski definition) is 4. The molecule has 0 unspecified atom stereocenters. The third kappa shape index (κ3) is 2.11. The van der Waals surface area contributed by atoms with Crippen molar-refractivity contribution in [3.05, 3.63) is 35.6 Å². The van der Waals surface area contributed by atoms with Crippen LogP contribution in [0, 0.1) is 6.92 Å². The van der Waals surface area contributed by atoms with Gasteiger partial charge < -0.3 is 19.5 Å². The largest absolute Gasteiger partial charge is 0.451 e. The fourth-order valence-corrected chi connectivity index (χ4v) is 2.36. The molecule has 5 nitrogen and oxygen atoms in total. The molecule has 19 heavy (non-hydrogen) atoms. The molecule has 0 saturated carbocycles. The zero-order valence-electron chi connectivity index (χ0n) is 10.5. The van der Waals surface area contributed by atoms with Crippen LogP contribution in [0.25, 0.3) is 11.0 Å². The van der Waals surface area contributed by atoms with Crippen LogP contribution in [0.15, 0.2) is 28.7 Å². The highest BCUT2D eigenvalue weighted by molar-refractivity contribution is 5.96. The van der Waals surface area contributed by atoms with Gasteiger partial charge in [-0.15, -0.1) is 0 Å². The summed E-state index contributed by atoms with van der Waals surface area (Å²) in [6, 6.07) is 7.39. The summed E-state index contributed by atoms with van der Waals surface area (Å²) in [5, 5.41) is 19.8. The smallest absolute Gasteiger partial charge is 0.289 e. The SMILES string of the molecule is Cc1ccc2oc(C(=O)N3C[C@@H](O)[C@@H](O)C3)cc2c1. The van der Waals surface area contributed by atoms with Crippen LogP contribution in [0.4, 0.5) is 0 Å². The molecular weight excluding hydrogens is 246 g/mol. The minimum absolute atomic E-state index is 0.135. The lowest BCUT2D eigenvalue weighted by atomic mass is 10.2. The first-order valence-electron chi connectivity index (χ1n) is 6.20. The number of carbonyl (C=O) groups excluding carboxylic acids is 1. The lowest BCUT2D eigenvalue weighted by molar-refractivity contribution is 0.0572. The van der Waals surface area contributed by atoms with E-state index in [2.05, 4.69) is 0 Å². The molecule has 1 aliphatic heterocycles. The van der Waals surface area contributed by atoms with Crippen LogP contribution >= 0.6 is 0 Å². The van der Waals surface area contributed by atoms with Crippen LogP contribution in [0.3, 0.4) is 0 Å². The van der Waals surface area contributed by atoms with Gasteiger partial charge in [-0.3, -0.25) is 4.79 Å². The van der Waals surface area contributed by atoms with Gasteiger partial charge in [-0.05, 0) is 25.1 Å². The zero-order chi connectivity index (χ0) is 13.6. The summed E-state index contributed by atoms with van der Waals surface area (Å²) in [5.74, 6) is -0.0636. The number of furan rings is 1. The number of benzene rings is 1. The molecule has 1 saturated heterocycles. The highest BCUT2D eigenvalue weighted by Crippen LogP contribution is 2.23. The maximum absolute atomic E-state index is 12.2. The Hall–Kier alpha value is -1.85. The summed E-state index contributed by atoms with van der Waals surface area (Å²) in [6.07, 6.45) is -1.76. The monoisotopic (exact) mass is 261 g/mol. The molecule has 0 radical (unpaired) electrons. The third-order valence-electron chi connectivity index (χ3n) is 3.43. The van der Waals surface area contributed by atoms with Crippen molar-refractivity contribution in [3.8, 4) is 0 Å². The first kappa shape index (κ1) is 12.2. The number of likely N-dealkylation sites (tertiary alicyclic amines) is 1. The summed E-state index contributed by atoms with van der Waals surface area (Å²) in [5.41, 5.74) is 1.76. The summed E-state index contributed by atoms with van der Waals surface area (Å²) >= 11 is 0. The van der Waals surface area contributed by atoms with Crippen molar-refractivity contribution in [2.24, 2.45) is 0 Å². The van der Waals surface area contributed by atoms with Gasteiger partial charge in [0.25, 0.3) is 5.91 Å². The Kier molecular flexibility index (Phi) is 2.80. The van der Waals surface area contributed by atoms with Gasteiger partial charge in [-0.1, -0.05) is 11.6 Å². The van der Waals surface area contributed by atoms with Crippen molar-refractivity contribution in [2.75, 3.05) is 13.1 Å². The lowest BCUT2D eigenvalue weighted by Gasteiger charge is -2.12. The average molecular weight is 261 g/mol. The van der Waals surface area contributed by atoms with E-state index >= 15 is 0 Å². The molecule has 2 atom stereocenters. The Morgan fingerprint density at radius 1 is 1.26 bits per heavy atom. The molecule has 0 aliphatic carbocycles. The number of nitrogens with zero attached hydrogens (tertiary/aromatic N) is 1. The van der Waals surface area contributed by atoms with Gasteiger partial charge in [0.1, 0.15) is 5.58 Å². The lowest BCUT2D eigenvalue weighted by Crippen LogP contribution is -2.29. The minimum atomic E-state index is -0.879. The fraction of sp³-hybridized carbons (Fsp3) is 0.357. The molecule has 1 fully saturated rings. The van der Waals surface area contributed by atoms with Gasteiger partial charge in [0.05, 0.1) is 12.2 Å². The second-order valence-corrected chi connectivity index (χ2v) is 5.00. The van der Waals surface area contributed by atoms with E-state index < -0.39 is 12.2 Å². The third-order valence-corrected chi connectivity index (χ3v) is 3.43. The number of rotatable bonds is 1. The highest BCUT2D eigenvalue weighted by Gasteiger charge is 2.34. The molecule has 100 valence electrons. The second-order valence-electron chi connectivity index (χ2n) is 5.00. The molecule has 2 aromatic rings. The second kappa shape index (κ2) is 4.36. The van der Waals surface area contributed by atoms with Gasteiger partial charge in [-0.2, -0.15) is 0 Å². The number of fused-ring (bicyclic) bond motifs is 1. The molecule has 3 rings (SSSR count). The molecule has 1 aromatic carbocycles. The van der Waals surface area contributed by atoms with Gasteiger partial charge in [-0.25, -0.2) is 0 Å². The molecular formula is C14H15NO4. The number of aliphatic hydroxyl groups is 2. The normalized spacial score (nSPS) is 23.2. The van der Waals surface area contributed by atoms with Crippen molar-refractivity contribution < 1.29 is 19.4 Å². The zero-order valence-corrected chi connectivity index (χ0v) is 10.5. The van der Waals surface area contributed by atoms with Crippen LogP contribution in [0.1, 0.15) is 16.1 Å². The quantitative estimate of drug-likeness (QED) is 0.800. The van der Waals surface area contributed by atoms with Crippen LogP contribution in [0.5, 0.6) is 0 Å². The number of amides is 1. The molecule has 1 aromatic heterocycles. The van der Waals surface area contributed by atoms with E-state index in [1.807, 2.05) is 25.1 Å². The Morgan fingerprint density at radius 3 is 2.63 bits per heavy atom. The van der Waals surface area contributed by atoms with Crippen LogP contribution in [-0.4, -0.2) is 46.3 Å². The molecule has 2 N–H and O–H groups in total. The number of β-amino-alcohol motifs (C(OH)–C–C–N with tert-alkyl or cyclic N) is 2. The summed E-state index contributed by atoms with van der Waals surface area (Å²) in [4.78, 5) is 13.6.